The molecule has 0 saturated carbocycles. The van der Waals surface area contributed by atoms with Crippen LogP contribution in [0.2, 0.25) is 0 Å². The Morgan fingerprint density at radius 1 is 1.41 bits per heavy atom. The van der Waals surface area contributed by atoms with E-state index in [0.29, 0.717) is 18.2 Å². The summed E-state index contributed by atoms with van der Waals surface area (Å²) in [4.78, 5) is 25.9. The molecule has 0 aromatic carbocycles. The number of rotatable bonds is 7. The molecule has 2 N–H and O–H groups in total. The highest BCUT2D eigenvalue weighted by Gasteiger charge is 2.23. The number of aliphatic hydroxyl groups is 1. The van der Waals surface area contributed by atoms with Crippen LogP contribution in [0.3, 0.4) is 0 Å². The lowest BCUT2D eigenvalue weighted by atomic mass is 10.0. The highest BCUT2D eigenvalue weighted by atomic mass is 32.1. The van der Waals surface area contributed by atoms with E-state index in [9.17, 15) is 9.90 Å². The molecule has 2 aromatic heterocycles. The van der Waals surface area contributed by atoms with E-state index < -0.39 is 6.10 Å². The molecule has 8 heteroatoms. The Hall–Kier alpha value is -1.87. The molecule has 0 aliphatic carbocycles. The van der Waals surface area contributed by atoms with E-state index in [2.05, 4.69) is 34.0 Å². The number of ether oxygens (including phenoxy) is 1. The van der Waals surface area contributed by atoms with Gasteiger partial charge in [0.05, 0.1) is 19.3 Å². The van der Waals surface area contributed by atoms with Crippen molar-refractivity contribution in [2.24, 2.45) is 5.92 Å². The molecule has 1 saturated heterocycles. The quantitative estimate of drug-likeness (QED) is 0.711. The molecule has 0 radical (unpaired) electrons. The molecular formula is C21H28N4O3S. The third-order valence-corrected chi connectivity index (χ3v) is 7.07. The zero-order valence-electron chi connectivity index (χ0n) is 17.0. The Morgan fingerprint density at radius 2 is 2.24 bits per heavy atom. The van der Waals surface area contributed by atoms with Crippen molar-refractivity contribution in [3.63, 3.8) is 0 Å². The first kappa shape index (κ1) is 20.4. The Kier molecular flexibility index (Phi) is 6.24. The lowest BCUT2D eigenvalue weighted by Crippen LogP contribution is -2.42. The van der Waals surface area contributed by atoms with Crippen LogP contribution in [0.5, 0.6) is 0 Å². The van der Waals surface area contributed by atoms with Crippen LogP contribution in [-0.4, -0.2) is 64.8 Å². The van der Waals surface area contributed by atoms with E-state index in [1.807, 2.05) is 11.3 Å². The minimum Gasteiger partial charge on any atom is -0.390 e. The predicted octanol–water partition coefficient (Wildman–Crippen LogP) is 1.49. The molecular weight excluding hydrogens is 388 g/mol. The zero-order valence-corrected chi connectivity index (χ0v) is 17.8. The van der Waals surface area contributed by atoms with E-state index >= 15 is 0 Å². The molecule has 0 bridgehead atoms. The second-order valence-corrected chi connectivity index (χ2v) is 9.35. The van der Waals surface area contributed by atoms with Gasteiger partial charge >= 0.3 is 0 Å². The van der Waals surface area contributed by atoms with E-state index in [4.69, 9.17) is 4.74 Å². The van der Waals surface area contributed by atoms with Gasteiger partial charge in [-0.15, -0.1) is 11.3 Å². The molecule has 1 atom stereocenters. The Morgan fingerprint density at radius 3 is 3.00 bits per heavy atom. The lowest BCUT2D eigenvalue weighted by Gasteiger charge is -2.29. The Labute approximate surface area is 175 Å². The summed E-state index contributed by atoms with van der Waals surface area (Å²) in [6.07, 6.45) is 2.64. The third kappa shape index (κ3) is 4.83. The number of hydrogen-bond acceptors (Lipinski definition) is 7. The van der Waals surface area contributed by atoms with Gasteiger partial charge in [-0.1, -0.05) is 0 Å². The first-order chi connectivity index (χ1) is 14.0. The molecule has 29 heavy (non-hydrogen) atoms. The Balaban J connectivity index is 1.26. The van der Waals surface area contributed by atoms with Crippen molar-refractivity contribution in [2.75, 3.05) is 32.8 Å². The van der Waals surface area contributed by atoms with Crippen LogP contribution in [0.4, 0.5) is 0 Å². The van der Waals surface area contributed by atoms with Gasteiger partial charge in [-0.25, -0.2) is 9.97 Å². The minimum atomic E-state index is -0.617. The smallest absolute Gasteiger partial charge is 0.270 e. The summed E-state index contributed by atoms with van der Waals surface area (Å²) in [5, 5.41) is 13.2. The molecule has 4 heterocycles. The predicted molar refractivity (Wildman–Crippen MR) is 111 cm³/mol. The van der Waals surface area contributed by atoms with Crippen molar-refractivity contribution >= 4 is 17.2 Å². The van der Waals surface area contributed by atoms with Crippen LogP contribution < -0.4 is 5.32 Å². The summed E-state index contributed by atoms with van der Waals surface area (Å²) in [5.41, 5.74) is 3.99. The average Bonchev–Trinajstić information content (AvgIpc) is 2.97. The number of fused-ring (bicyclic) bond motifs is 1. The molecule has 156 valence electrons. The van der Waals surface area contributed by atoms with Crippen molar-refractivity contribution in [1.82, 2.24) is 20.2 Å². The summed E-state index contributed by atoms with van der Waals surface area (Å²) < 4.78 is 5.19. The van der Waals surface area contributed by atoms with Crippen LogP contribution in [0.15, 0.2) is 12.4 Å². The molecule has 7 nitrogen and oxygen atoms in total. The van der Waals surface area contributed by atoms with Crippen LogP contribution in [0, 0.1) is 19.8 Å². The summed E-state index contributed by atoms with van der Waals surface area (Å²) in [5.74, 6) is 0.200. The van der Waals surface area contributed by atoms with Crippen molar-refractivity contribution in [1.29, 1.82) is 0 Å². The summed E-state index contributed by atoms with van der Waals surface area (Å²) in [7, 11) is 0. The van der Waals surface area contributed by atoms with E-state index in [1.54, 1.807) is 6.07 Å². The lowest BCUT2D eigenvalue weighted by molar-refractivity contribution is -0.0316. The zero-order chi connectivity index (χ0) is 20.4. The van der Waals surface area contributed by atoms with Crippen molar-refractivity contribution in [3.8, 4) is 0 Å². The van der Waals surface area contributed by atoms with Gasteiger partial charge in [0.25, 0.3) is 5.91 Å². The maximum Gasteiger partial charge on any atom is 0.270 e. The number of nitrogens with zero attached hydrogens (tertiary/aromatic N) is 3. The number of aromatic nitrogens is 2. The molecule has 2 aliphatic rings. The van der Waals surface area contributed by atoms with Gasteiger partial charge in [0, 0.05) is 47.5 Å². The molecule has 1 fully saturated rings. The van der Waals surface area contributed by atoms with Gasteiger partial charge in [-0.05, 0) is 43.9 Å². The molecule has 0 unspecified atom stereocenters. The van der Waals surface area contributed by atoms with Gasteiger partial charge < -0.3 is 15.2 Å². The fraction of sp³-hybridized carbons (Fsp3) is 0.571. The number of carbonyl (C=O) groups is 1. The standard InChI is InChI=1S/C21H28N4O3S/c1-13-14(2)29-20-3-4-25(9-18(13)20)8-17(26)7-22-21(27)19-6-16(23-12-24-19)5-15-10-28-11-15/h6,12,15,17,26H,3-5,7-11H2,1-2H3,(H,22,27)/t17-/m0/s1. The first-order valence-electron chi connectivity index (χ1n) is 10.1. The van der Waals surface area contributed by atoms with Gasteiger partial charge in [0.15, 0.2) is 0 Å². The van der Waals surface area contributed by atoms with Crippen LogP contribution >= 0.6 is 11.3 Å². The average molecular weight is 417 g/mol. The normalized spacial score (nSPS) is 18.2. The van der Waals surface area contributed by atoms with Gasteiger partial charge in [0.2, 0.25) is 0 Å². The van der Waals surface area contributed by atoms with Crippen molar-refractivity contribution in [2.45, 2.75) is 39.3 Å². The number of thiophene rings is 1. The van der Waals surface area contributed by atoms with Gasteiger partial charge in [-0.2, -0.15) is 0 Å². The van der Waals surface area contributed by atoms with Gasteiger partial charge in [-0.3, -0.25) is 9.69 Å². The van der Waals surface area contributed by atoms with Gasteiger partial charge in [0.1, 0.15) is 12.0 Å². The number of amides is 1. The number of aryl methyl sites for hydroxylation is 1. The topological polar surface area (TPSA) is 87.6 Å². The number of carbonyl (C=O) groups excluding carboxylic acids is 1. The van der Waals surface area contributed by atoms with Crippen molar-refractivity contribution in [3.05, 3.63) is 44.7 Å². The SMILES string of the molecule is Cc1sc2c(c1C)CN(C[C@@H](O)CNC(=O)c1cc(CC3COC3)ncn1)CC2. The number of nitrogens with one attached hydrogen (secondary N) is 1. The molecule has 1 amide bonds. The van der Waals surface area contributed by atoms with Crippen LogP contribution in [0.25, 0.3) is 0 Å². The molecule has 0 spiro atoms. The second-order valence-electron chi connectivity index (χ2n) is 8.04. The van der Waals surface area contributed by atoms with Crippen LogP contribution in [0.1, 0.15) is 37.1 Å². The summed E-state index contributed by atoms with van der Waals surface area (Å²) in [6.45, 7) is 8.42. The van der Waals surface area contributed by atoms with Crippen LogP contribution in [-0.2, 0) is 24.1 Å². The highest BCUT2D eigenvalue weighted by Crippen LogP contribution is 2.31. The third-order valence-electron chi connectivity index (χ3n) is 5.76. The fourth-order valence-electron chi connectivity index (χ4n) is 3.87. The fourth-order valence-corrected chi connectivity index (χ4v) is 5.05. The first-order valence-corrected chi connectivity index (χ1v) is 11.0. The summed E-state index contributed by atoms with van der Waals surface area (Å²) in [6, 6.07) is 1.73. The highest BCUT2D eigenvalue weighted by molar-refractivity contribution is 7.12. The Bertz CT molecular complexity index is 881. The maximum atomic E-state index is 12.4. The number of β-amino-alcohol motifs (C(OH)–C–C–N with tert-alkyl or cyclic N) is 1. The number of hydrogen-bond donors (Lipinski definition) is 2. The van der Waals surface area contributed by atoms with E-state index in [1.165, 1.54) is 27.2 Å². The number of aliphatic hydroxyl groups excluding tert-OH is 1. The second kappa shape index (κ2) is 8.87. The minimum absolute atomic E-state index is 0.208. The molecule has 2 aromatic rings. The van der Waals surface area contributed by atoms with E-state index in [0.717, 1.165) is 44.8 Å². The molecule has 4 rings (SSSR count). The van der Waals surface area contributed by atoms with E-state index in [-0.39, 0.29) is 12.5 Å². The van der Waals surface area contributed by atoms with Crippen molar-refractivity contribution < 1.29 is 14.6 Å². The summed E-state index contributed by atoms with van der Waals surface area (Å²) >= 11 is 1.89. The molecule has 2 aliphatic heterocycles. The largest absolute Gasteiger partial charge is 0.390 e. The monoisotopic (exact) mass is 416 g/mol. The maximum absolute atomic E-state index is 12.4.